The Hall–Kier alpha value is -3.41. The van der Waals surface area contributed by atoms with Crippen molar-refractivity contribution in [2.75, 3.05) is 18.4 Å². The molecule has 6 heteroatoms. The average molecular weight is 403 g/mol. The first-order chi connectivity index (χ1) is 14.5. The van der Waals surface area contributed by atoms with Gasteiger partial charge in [-0.25, -0.2) is 4.98 Å². The molecule has 0 aliphatic carbocycles. The Morgan fingerprint density at radius 3 is 2.70 bits per heavy atom. The van der Waals surface area contributed by atoms with E-state index in [1.165, 1.54) is 18.2 Å². The van der Waals surface area contributed by atoms with Gasteiger partial charge in [-0.15, -0.1) is 0 Å². The monoisotopic (exact) mass is 403 g/mol. The summed E-state index contributed by atoms with van der Waals surface area (Å²) in [5.41, 5.74) is 3.21. The summed E-state index contributed by atoms with van der Waals surface area (Å²) in [6.07, 6.45) is 4.57. The van der Waals surface area contributed by atoms with Gasteiger partial charge >= 0.3 is 0 Å². The minimum absolute atomic E-state index is 0.0213. The van der Waals surface area contributed by atoms with Crippen molar-refractivity contribution < 1.29 is 14.0 Å². The minimum Gasteiger partial charge on any atom is -0.438 e. The van der Waals surface area contributed by atoms with Crippen LogP contribution in [0.1, 0.15) is 51.8 Å². The lowest BCUT2D eigenvalue weighted by atomic mass is 9.76. The van der Waals surface area contributed by atoms with Crippen molar-refractivity contribution in [1.29, 1.82) is 0 Å². The molecule has 1 N–H and O–H groups in total. The Bertz CT molecular complexity index is 1050. The van der Waals surface area contributed by atoms with Crippen LogP contribution in [-0.4, -0.2) is 34.8 Å². The van der Waals surface area contributed by atoms with Gasteiger partial charge in [-0.3, -0.25) is 9.59 Å². The van der Waals surface area contributed by atoms with E-state index in [0.717, 1.165) is 24.9 Å². The third-order valence-electron chi connectivity index (χ3n) is 5.84. The summed E-state index contributed by atoms with van der Waals surface area (Å²) in [5.74, 6) is -0.289. The summed E-state index contributed by atoms with van der Waals surface area (Å²) in [6.45, 7) is 5.51. The predicted octanol–water partition coefficient (Wildman–Crippen LogP) is 4.43. The number of nitrogens with one attached hydrogen (secondary N) is 1. The lowest BCUT2D eigenvalue weighted by molar-refractivity contribution is 0.0651. The normalized spacial score (nSPS) is 18.8. The Kier molecular flexibility index (Phi) is 5.40. The van der Waals surface area contributed by atoms with Crippen LogP contribution in [0.3, 0.4) is 0 Å². The molecule has 4 rings (SSSR count). The molecule has 30 heavy (non-hydrogen) atoms. The first-order valence-electron chi connectivity index (χ1n) is 10.1. The summed E-state index contributed by atoms with van der Waals surface area (Å²) in [4.78, 5) is 31.3. The number of benzene rings is 2. The van der Waals surface area contributed by atoms with Crippen LogP contribution in [-0.2, 0) is 5.41 Å². The number of likely N-dealkylation sites (tertiary alicyclic amines) is 1. The molecular weight excluding hydrogens is 378 g/mol. The average Bonchev–Trinajstić information content (AvgIpc) is 3.31. The third kappa shape index (κ3) is 3.99. The number of aromatic nitrogens is 1. The first-order valence-corrected chi connectivity index (χ1v) is 10.1. The van der Waals surface area contributed by atoms with E-state index in [2.05, 4.69) is 29.4 Å². The first kappa shape index (κ1) is 19.9. The summed E-state index contributed by atoms with van der Waals surface area (Å²) in [7, 11) is 0. The lowest BCUT2D eigenvalue weighted by Gasteiger charge is -2.41. The number of oxazole rings is 1. The Labute approximate surface area is 175 Å². The van der Waals surface area contributed by atoms with Gasteiger partial charge in [0.05, 0.1) is 6.20 Å². The number of hydrogen-bond donors (Lipinski definition) is 1. The quantitative estimate of drug-likeness (QED) is 0.699. The molecule has 2 aromatic carbocycles. The molecular formula is C24H25N3O3. The molecule has 1 aliphatic heterocycles. The molecule has 1 aromatic heterocycles. The van der Waals surface area contributed by atoms with Gasteiger partial charge in [0.1, 0.15) is 0 Å². The number of piperidine rings is 1. The molecule has 1 unspecified atom stereocenters. The van der Waals surface area contributed by atoms with Crippen molar-refractivity contribution in [3.05, 3.63) is 83.6 Å². The van der Waals surface area contributed by atoms with E-state index in [9.17, 15) is 9.59 Å². The maximum absolute atomic E-state index is 13.3. The number of hydrogen-bond acceptors (Lipinski definition) is 4. The van der Waals surface area contributed by atoms with E-state index in [1.807, 2.05) is 42.2 Å². The van der Waals surface area contributed by atoms with Crippen molar-refractivity contribution >= 4 is 17.5 Å². The number of carbonyl (C=O) groups excluding carboxylic acids is 2. The smallest absolute Gasteiger partial charge is 0.293 e. The zero-order valence-corrected chi connectivity index (χ0v) is 17.2. The van der Waals surface area contributed by atoms with Crippen LogP contribution in [0, 0.1) is 6.92 Å². The van der Waals surface area contributed by atoms with Crippen molar-refractivity contribution in [2.24, 2.45) is 0 Å². The standard InChI is InChI=1S/C24H25N3O3/c1-17-9-10-18(13-20(17)26-22(28)21-14-25-16-30-21)23(29)27-12-6-11-24(2,15-27)19-7-4-3-5-8-19/h3-5,7-10,13-14,16H,6,11-12,15H2,1-2H3,(H,26,28). The van der Waals surface area contributed by atoms with Gasteiger partial charge in [-0.1, -0.05) is 43.3 Å². The van der Waals surface area contributed by atoms with Crippen molar-refractivity contribution in [1.82, 2.24) is 9.88 Å². The second kappa shape index (κ2) is 8.14. The topological polar surface area (TPSA) is 75.4 Å². The van der Waals surface area contributed by atoms with Crippen LogP contribution >= 0.6 is 0 Å². The van der Waals surface area contributed by atoms with Gasteiger partial charge in [-0.2, -0.15) is 0 Å². The molecule has 3 aromatic rings. The van der Waals surface area contributed by atoms with Crippen LogP contribution in [0.2, 0.25) is 0 Å². The Morgan fingerprint density at radius 2 is 1.97 bits per heavy atom. The highest BCUT2D eigenvalue weighted by molar-refractivity contribution is 6.03. The van der Waals surface area contributed by atoms with E-state index in [0.29, 0.717) is 17.8 Å². The maximum Gasteiger partial charge on any atom is 0.293 e. The number of anilines is 1. The van der Waals surface area contributed by atoms with Crippen LogP contribution in [0.4, 0.5) is 5.69 Å². The highest BCUT2D eigenvalue weighted by Crippen LogP contribution is 2.34. The van der Waals surface area contributed by atoms with Gasteiger partial charge in [0.15, 0.2) is 6.39 Å². The van der Waals surface area contributed by atoms with Gasteiger partial charge in [0, 0.05) is 29.8 Å². The molecule has 1 aliphatic rings. The van der Waals surface area contributed by atoms with E-state index < -0.39 is 5.91 Å². The fraction of sp³-hybridized carbons (Fsp3) is 0.292. The summed E-state index contributed by atoms with van der Waals surface area (Å²) >= 11 is 0. The predicted molar refractivity (Wildman–Crippen MR) is 115 cm³/mol. The number of rotatable bonds is 4. The molecule has 1 fully saturated rings. The number of carbonyl (C=O) groups is 2. The largest absolute Gasteiger partial charge is 0.438 e. The lowest BCUT2D eigenvalue weighted by Crippen LogP contribution is -2.47. The summed E-state index contributed by atoms with van der Waals surface area (Å²) < 4.78 is 5.05. The molecule has 0 saturated carbocycles. The van der Waals surface area contributed by atoms with E-state index in [4.69, 9.17) is 4.42 Å². The van der Waals surface area contributed by atoms with Crippen LogP contribution < -0.4 is 5.32 Å². The number of amides is 2. The Morgan fingerprint density at radius 1 is 1.17 bits per heavy atom. The van der Waals surface area contributed by atoms with Crippen LogP contribution in [0.15, 0.2) is 65.5 Å². The molecule has 0 spiro atoms. The van der Waals surface area contributed by atoms with Gasteiger partial charge in [0.2, 0.25) is 5.76 Å². The molecule has 0 radical (unpaired) electrons. The second-order valence-electron chi connectivity index (χ2n) is 8.11. The molecule has 1 saturated heterocycles. The van der Waals surface area contributed by atoms with Crippen LogP contribution in [0.25, 0.3) is 0 Å². The van der Waals surface area contributed by atoms with E-state index in [1.54, 1.807) is 6.07 Å². The molecule has 2 heterocycles. The molecule has 6 nitrogen and oxygen atoms in total. The summed E-state index contributed by atoms with van der Waals surface area (Å²) in [6, 6.07) is 15.8. The number of aryl methyl sites for hydroxylation is 1. The highest BCUT2D eigenvalue weighted by Gasteiger charge is 2.34. The van der Waals surface area contributed by atoms with Crippen LogP contribution in [0.5, 0.6) is 0 Å². The SMILES string of the molecule is Cc1ccc(C(=O)N2CCCC(C)(c3ccccc3)C2)cc1NC(=O)c1cnco1. The van der Waals surface area contributed by atoms with Gasteiger partial charge in [-0.05, 0) is 43.0 Å². The third-order valence-corrected chi connectivity index (χ3v) is 5.84. The molecule has 1 atom stereocenters. The van der Waals surface area contributed by atoms with Crippen molar-refractivity contribution in [3.63, 3.8) is 0 Å². The molecule has 2 amide bonds. The highest BCUT2D eigenvalue weighted by atomic mass is 16.3. The maximum atomic E-state index is 13.3. The molecule has 154 valence electrons. The van der Waals surface area contributed by atoms with E-state index >= 15 is 0 Å². The van der Waals surface area contributed by atoms with Crippen molar-refractivity contribution in [3.8, 4) is 0 Å². The number of nitrogens with zero attached hydrogens (tertiary/aromatic N) is 2. The minimum atomic E-state index is -0.394. The van der Waals surface area contributed by atoms with E-state index in [-0.39, 0.29) is 17.1 Å². The summed E-state index contributed by atoms with van der Waals surface area (Å²) in [5, 5.41) is 2.81. The fourth-order valence-electron chi connectivity index (χ4n) is 4.07. The zero-order valence-electron chi connectivity index (χ0n) is 17.2. The Balaban J connectivity index is 1.54. The van der Waals surface area contributed by atoms with Gasteiger partial charge in [0.25, 0.3) is 11.8 Å². The van der Waals surface area contributed by atoms with Crippen molar-refractivity contribution in [2.45, 2.75) is 32.1 Å². The second-order valence-corrected chi connectivity index (χ2v) is 8.11. The molecule has 0 bridgehead atoms. The van der Waals surface area contributed by atoms with Gasteiger partial charge < -0.3 is 14.6 Å². The fourth-order valence-corrected chi connectivity index (χ4v) is 4.07. The zero-order chi connectivity index (χ0) is 21.1.